The number of nitrogens with zero attached hydrogens (tertiary/aromatic N) is 2. The molecule has 6 heteroatoms. The van der Waals surface area contributed by atoms with E-state index in [-0.39, 0.29) is 11.7 Å². The molecule has 0 fully saturated rings. The minimum atomic E-state index is -0.294. The van der Waals surface area contributed by atoms with Gasteiger partial charge in [-0.15, -0.1) is 0 Å². The topological polar surface area (TPSA) is 46.9 Å². The van der Waals surface area contributed by atoms with E-state index in [1.54, 1.807) is 18.2 Å². The predicted octanol–water partition coefficient (Wildman–Crippen LogP) is 4.81. The lowest BCUT2D eigenvalue weighted by atomic mass is 10.2. The number of imidazole rings is 1. The standard InChI is InChI=1S/C22H17ClFN3O/c23-18-6-2-1-5-16(18)13-25-22(28)21-26-19-7-3-4-8-20(19)27(21)14-15-9-11-17(24)12-10-15/h1-12H,13-14H2,(H,25,28). The van der Waals surface area contributed by atoms with Gasteiger partial charge in [-0.25, -0.2) is 9.37 Å². The van der Waals surface area contributed by atoms with Crippen LogP contribution in [-0.4, -0.2) is 15.5 Å². The van der Waals surface area contributed by atoms with Gasteiger partial charge in [0.25, 0.3) is 5.91 Å². The largest absolute Gasteiger partial charge is 0.345 e. The van der Waals surface area contributed by atoms with Crippen molar-refractivity contribution < 1.29 is 9.18 Å². The summed E-state index contributed by atoms with van der Waals surface area (Å²) in [4.78, 5) is 17.4. The van der Waals surface area contributed by atoms with Gasteiger partial charge in [-0.1, -0.05) is 54.1 Å². The zero-order chi connectivity index (χ0) is 19.5. The zero-order valence-electron chi connectivity index (χ0n) is 14.9. The number of fused-ring (bicyclic) bond motifs is 1. The molecule has 0 unspecified atom stereocenters. The van der Waals surface area contributed by atoms with Crippen LogP contribution in [0.2, 0.25) is 5.02 Å². The van der Waals surface area contributed by atoms with Crippen molar-refractivity contribution in [2.75, 3.05) is 0 Å². The molecule has 0 aliphatic heterocycles. The number of aromatic nitrogens is 2. The highest BCUT2D eigenvalue weighted by Crippen LogP contribution is 2.19. The number of carbonyl (C=O) groups excluding carboxylic acids is 1. The van der Waals surface area contributed by atoms with E-state index < -0.39 is 0 Å². The molecule has 0 aliphatic rings. The molecule has 1 N–H and O–H groups in total. The van der Waals surface area contributed by atoms with Crippen LogP contribution in [0.1, 0.15) is 21.7 Å². The monoisotopic (exact) mass is 393 g/mol. The Morgan fingerprint density at radius 2 is 1.71 bits per heavy atom. The van der Waals surface area contributed by atoms with E-state index in [2.05, 4.69) is 10.3 Å². The molecule has 0 saturated carbocycles. The van der Waals surface area contributed by atoms with Gasteiger partial charge >= 0.3 is 0 Å². The molecule has 4 nitrogen and oxygen atoms in total. The van der Waals surface area contributed by atoms with Crippen LogP contribution in [0.3, 0.4) is 0 Å². The van der Waals surface area contributed by atoms with Crippen LogP contribution in [-0.2, 0) is 13.1 Å². The normalized spacial score (nSPS) is 10.9. The second kappa shape index (κ2) is 7.82. The fraction of sp³-hybridized carbons (Fsp3) is 0.0909. The number of hydrogen-bond donors (Lipinski definition) is 1. The van der Waals surface area contributed by atoms with Crippen molar-refractivity contribution in [3.05, 3.63) is 101 Å². The zero-order valence-corrected chi connectivity index (χ0v) is 15.7. The molecule has 4 aromatic rings. The molecule has 1 heterocycles. The van der Waals surface area contributed by atoms with E-state index in [9.17, 15) is 9.18 Å². The minimum Gasteiger partial charge on any atom is -0.345 e. The van der Waals surface area contributed by atoms with Gasteiger partial charge < -0.3 is 9.88 Å². The Morgan fingerprint density at radius 1 is 1.00 bits per heavy atom. The molecular weight excluding hydrogens is 377 g/mol. The Labute approximate surface area is 166 Å². The van der Waals surface area contributed by atoms with Gasteiger partial charge in [0.2, 0.25) is 0 Å². The molecule has 1 aromatic heterocycles. The highest BCUT2D eigenvalue weighted by Gasteiger charge is 2.18. The lowest BCUT2D eigenvalue weighted by Gasteiger charge is -2.10. The SMILES string of the molecule is O=C(NCc1ccccc1Cl)c1nc2ccccc2n1Cc1ccc(F)cc1. The summed E-state index contributed by atoms with van der Waals surface area (Å²) in [6.45, 7) is 0.716. The van der Waals surface area contributed by atoms with Gasteiger partial charge in [0.1, 0.15) is 5.82 Å². The minimum absolute atomic E-state index is 0.293. The van der Waals surface area contributed by atoms with Crippen LogP contribution < -0.4 is 5.32 Å². The second-order valence-corrected chi connectivity index (χ2v) is 6.82. The average Bonchev–Trinajstić information content (AvgIpc) is 3.07. The lowest BCUT2D eigenvalue weighted by molar-refractivity contribution is 0.0937. The molecule has 0 radical (unpaired) electrons. The summed E-state index contributed by atoms with van der Waals surface area (Å²) in [7, 11) is 0. The Bertz CT molecular complexity index is 1140. The maximum Gasteiger partial charge on any atom is 0.287 e. The van der Waals surface area contributed by atoms with E-state index in [1.165, 1.54) is 12.1 Å². The molecule has 28 heavy (non-hydrogen) atoms. The summed E-state index contributed by atoms with van der Waals surface area (Å²) in [5, 5.41) is 3.49. The van der Waals surface area contributed by atoms with Crippen LogP contribution in [0.5, 0.6) is 0 Å². The second-order valence-electron chi connectivity index (χ2n) is 6.41. The summed E-state index contributed by atoms with van der Waals surface area (Å²) >= 11 is 6.17. The lowest BCUT2D eigenvalue weighted by Crippen LogP contribution is -2.26. The Kier molecular flexibility index (Phi) is 5.08. The van der Waals surface area contributed by atoms with Gasteiger partial charge in [0, 0.05) is 18.1 Å². The average molecular weight is 394 g/mol. The molecule has 0 aliphatic carbocycles. The first-order valence-corrected chi connectivity index (χ1v) is 9.21. The van der Waals surface area contributed by atoms with E-state index in [1.807, 2.05) is 47.0 Å². The van der Waals surface area contributed by atoms with Crippen molar-refractivity contribution in [3.63, 3.8) is 0 Å². The molecule has 3 aromatic carbocycles. The molecule has 0 saturated heterocycles. The van der Waals surface area contributed by atoms with Gasteiger partial charge in [-0.3, -0.25) is 4.79 Å². The third-order valence-corrected chi connectivity index (χ3v) is 4.88. The van der Waals surface area contributed by atoms with Crippen LogP contribution in [0.15, 0.2) is 72.8 Å². The highest BCUT2D eigenvalue weighted by atomic mass is 35.5. The van der Waals surface area contributed by atoms with Crippen molar-refractivity contribution >= 4 is 28.5 Å². The van der Waals surface area contributed by atoms with Crippen LogP contribution in [0.4, 0.5) is 4.39 Å². The van der Waals surface area contributed by atoms with E-state index in [4.69, 9.17) is 11.6 Å². The van der Waals surface area contributed by atoms with Crippen molar-refractivity contribution in [1.29, 1.82) is 0 Å². The summed E-state index contributed by atoms with van der Waals surface area (Å²) in [5.41, 5.74) is 3.28. The summed E-state index contributed by atoms with van der Waals surface area (Å²) in [5.74, 6) is -0.284. The van der Waals surface area contributed by atoms with Gasteiger partial charge in [0.15, 0.2) is 5.82 Å². The number of nitrogens with one attached hydrogen (secondary N) is 1. The Balaban J connectivity index is 1.64. The highest BCUT2D eigenvalue weighted by molar-refractivity contribution is 6.31. The van der Waals surface area contributed by atoms with Crippen molar-refractivity contribution in [1.82, 2.24) is 14.9 Å². The number of amides is 1. The number of hydrogen-bond acceptors (Lipinski definition) is 2. The molecule has 140 valence electrons. The predicted molar refractivity (Wildman–Crippen MR) is 108 cm³/mol. The summed E-state index contributed by atoms with van der Waals surface area (Å²) in [6, 6.07) is 21.1. The van der Waals surface area contributed by atoms with Crippen molar-refractivity contribution in [2.45, 2.75) is 13.1 Å². The molecular formula is C22H17ClFN3O. The quantitative estimate of drug-likeness (QED) is 0.529. The molecule has 0 atom stereocenters. The van der Waals surface area contributed by atoms with Gasteiger partial charge in [-0.2, -0.15) is 0 Å². The van der Waals surface area contributed by atoms with Crippen LogP contribution in [0, 0.1) is 5.82 Å². The van der Waals surface area contributed by atoms with Gasteiger partial charge in [0.05, 0.1) is 11.0 Å². The maximum atomic E-state index is 13.2. The number of halogens is 2. The van der Waals surface area contributed by atoms with Crippen LogP contribution >= 0.6 is 11.6 Å². The molecule has 0 bridgehead atoms. The fourth-order valence-corrected chi connectivity index (χ4v) is 3.28. The smallest absolute Gasteiger partial charge is 0.287 e. The van der Waals surface area contributed by atoms with E-state index >= 15 is 0 Å². The summed E-state index contributed by atoms with van der Waals surface area (Å²) < 4.78 is 15.1. The maximum absolute atomic E-state index is 13.2. The third kappa shape index (κ3) is 3.75. The van der Waals surface area contributed by atoms with E-state index in [0.29, 0.717) is 23.9 Å². The molecule has 4 rings (SSSR count). The Hall–Kier alpha value is -3.18. The van der Waals surface area contributed by atoms with Crippen LogP contribution in [0.25, 0.3) is 11.0 Å². The van der Waals surface area contributed by atoms with Crippen molar-refractivity contribution in [3.8, 4) is 0 Å². The Morgan fingerprint density at radius 3 is 2.50 bits per heavy atom. The number of carbonyl (C=O) groups is 1. The number of benzene rings is 3. The first-order valence-electron chi connectivity index (χ1n) is 8.83. The van der Waals surface area contributed by atoms with E-state index in [0.717, 1.165) is 22.2 Å². The van der Waals surface area contributed by atoms with Crippen molar-refractivity contribution in [2.24, 2.45) is 0 Å². The summed E-state index contributed by atoms with van der Waals surface area (Å²) in [6.07, 6.45) is 0. The third-order valence-electron chi connectivity index (χ3n) is 4.51. The number of rotatable bonds is 5. The fourth-order valence-electron chi connectivity index (χ4n) is 3.08. The molecule has 0 spiro atoms. The first kappa shape index (κ1) is 18.2. The molecule has 1 amide bonds. The first-order chi connectivity index (χ1) is 13.6. The number of para-hydroxylation sites is 2. The van der Waals surface area contributed by atoms with Gasteiger partial charge in [-0.05, 0) is 41.5 Å².